The number of hydrogen-bond acceptors (Lipinski definition) is 2. The lowest BCUT2D eigenvalue weighted by atomic mass is 9.97. The molecule has 0 atom stereocenters. The van der Waals surface area contributed by atoms with Crippen LogP contribution in [0.1, 0.15) is 43.9 Å². The Morgan fingerprint density at radius 2 is 1.95 bits per heavy atom. The van der Waals surface area contributed by atoms with Crippen LogP contribution in [0.15, 0.2) is 42.6 Å². The molecule has 1 heterocycles. The zero-order chi connectivity index (χ0) is 14.2. The first-order valence-electron chi connectivity index (χ1n) is 7.13. The van der Waals surface area contributed by atoms with Crippen molar-refractivity contribution in [1.29, 1.82) is 5.26 Å². The molecule has 3 rings (SSSR count). The van der Waals surface area contributed by atoms with Gasteiger partial charge in [-0.25, -0.2) is 0 Å². The molecule has 2 aromatic rings. The van der Waals surface area contributed by atoms with E-state index >= 15 is 0 Å². The van der Waals surface area contributed by atoms with Crippen LogP contribution in [0, 0.1) is 11.3 Å². The lowest BCUT2D eigenvalue weighted by Gasteiger charge is -2.09. The molecule has 0 amide bonds. The van der Waals surface area contributed by atoms with Crippen LogP contribution in [0.3, 0.4) is 0 Å². The molecular weight excluding hydrogens is 244 g/mol. The van der Waals surface area contributed by atoms with Gasteiger partial charge in [0.05, 0.1) is 17.2 Å². The van der Waals surface area contributed by atoms with E-state index in [1.54, 1.807) is 0 Å². The van der Waals surface area contributed by atoms with Gasteiger partial charge in [-0.1, -0.05) is 44.2 Å². The van der Waals surface area contributed by atoms with Crippen molar-refractivity contribution in [2.45, 2.75) is 38.0 Å². The SMILES string of the molecule is CC(C)c1cccc(-c2ccc(C3(C#N)CC3)nc2)c1. The van der Waals surface area contributed by atoms with Gasteiger partial charge in [0.25, 0.3) is 0 Å². The molecule has 0 unspecified atom stereocenters. The standard InChI is InChI=1S/C18H18N2/c1-13(2)14-4-3-5-15(10-14)16-6-7-17(20-11-16)18(12-19)8-9-18/h3-7,10-11,13H,8-9H2,1-2H3. The number of hydrogen-bond donors (Lipinski definition) is 0. The van der Waals surface area contributed by atoms with Crippen molar-refractivity contribution in [1.82, 2.24) is 4.98 Å². The molecular formula is C18H18N2. The summed E-state index contributed by atoms with van der Waals surface area (Å²) < 4.78 is 0. The molecule has 1 aromatic heterocycles. The average Bonchev–Trinajstić information content (AvgIpc) is 3.29. The van der Waals surface area contributed by atoms with Crippen LogP contribution in [0.5, 0.6) is 0 Å². The van der Waals surface area contributed by atoms with E-state index in [4.69, 9.17) is 0 Å². The third-order valence-corrected chi connectivity index (χ3v) is 4.10. The van der Waals surface area contributed by atoms with E-state index in [1.165, 1.54) is 11.1 Å². The highest BCUT2D eigenvalue weighted by Gasteiger charge is 2.46. The van der Waals surface area contributed by atoms with Gasteiger partial charge in [-0.3, -0.25) is 4.98 Å². The highest BCUT2D eigenvalue weighted by Crippen LogP contribution is 2.46. The van der Waals surface area contributed by atoms with Gasteiger partial charge in [0, 0.05) is 11.8 Å². The second kappa shape index (κ2) is 4.76. The number of pyridine rings is 1. The maximum atomic E-state index is 9.20. The largest absolute Gasteiger partial charge is 0.259 e. The van der Waals surface area contributed by atoms with E-state index in [9.17, 15) is 5.26 Å². The fraction of sp³-hybridized carbons (Fsp3) is 0.333. The molecule has 100 valence electrons. The van der Waals surface area contributed by atoms with E-state index in [0.29, 0.717) is 5.92 Å². The molecule has 1 fully saturated rings. The van der Waals surface area contributed by atoms with E-state index in [0.717, 1.165) is 24.1 Å². The predicted molar refractivity (Wildman–Crippen MR) is 80.3 cm³/mol. The first-order valence-corrected chi connectivity index (χ1v) is 7.13. The Kier molecular flexibility index (Phi) is 3.06. The fourth-order valence-electron chi connectivity index (χ4n) is 2.48. The molecule has 0 aliphatic heterocycles. The van der Waals surface area contributed by atoms with Crippen molar-refractivity contribution >= 4 is 0 Å². The monoisotopic (exact) mass is 262 g/mol. The number of nitriles is 1. The average molecular weight is 262 g/mol. The summed E-state index contributed by atoms with van der Waals surface area (Å²) in [6.45, 7) is 4.40. The summed E-state index contributed by atoms with van der Waals surface area (Å²) in [5, 5.41) is 9.20. The fourth-order valence-corrected chi connectivity index (χ4v) is 2.48. The summed E-state index contributed by atoms with van der Waals surface area (Å²) in [6, 6.07) is 15.1. The molecule has 1 aliphatic rings. The molecule has 0 N–H and O–H groups in total. The number of nitrogens with zero attached hydrogens (tertiary/aromatic N) is 2. The third-order valence-electron chi connectivity index (χ3n) is 4.10. The van der Waals surface area contributed by atoms with Crippen molar-refractivity contribution in [3.8, 4) is 17.2 Å². The van der Waals surface area contributed by atoms with Gasteiger partial charge in [0.1, 0.15) is 0 Å². The second-order valence-electron chi connectivity index (χ2n) is 5.91. The third kappa shape index (κ3) is 2.20. The van der Waals surface area contributed by atoms with E-state index < -0.39 is 0 Å². The van der Waals surface area contributed by atoms with Gasteiger partial charge < -0.3 is 0 Å². The van der Waals surface area contributed by atoms with E-state index in [1.807, 2.05) is 12.3 Å². The Bertz CT molecular complexity index is 659. The molecule has 2 heteroatoms. The number of benzene rings is 1. The molecule has 1 saturated carbocycles. The maximum absolute atomic E-state index is 9.20. The smallest absolute Gasteiger partial charge is 0.0994 e. The molecule has 0 bridgehead atoms. The number of aromatic nitrogens is 1. The van der Waals surface area contributed by atoms with Crippen molar-refractivity contribution in [3.63, 3.8) is 0 Å². The zero-order valence-corrected chi connectivity index (χ0v) is 11.9. The molecule has 0 radical (unpaired) electrons. The Balaban J connectivity index is 1.92. The lowest BCUT2D eigenvalue weighted by molar-refractivity contribution is 0.854. The molecule has 1 aliphatic carbocycles. The second-order valence-corrected chi connectivity index (χ2v) is 5.91. The van der Waals surface area contributed by atoms with Crippen LogP contribution in [0.25, 0.3) is 11.1 Å². The van der Waals surface area contributed by atoms with Gasteiger partial charge in [0.2, 0.25) is 0 Å². The van der Waals surface area contributed by atoms with Gasteiger partial charge >= 0.3 is 0 Å². The Morgan fingerprint density at radius 1 is 1.15 bits per heavy atom. The minimum atomic E-state index is -0.293. The zero-order valence-electron chi connectivity index (χ0n) is 11.9. The molecule has 2 nitrogen and oxygen atoms in total. The normalized spacial score (nSPS) is 15.9. The van der Waals surface area contributed by atoms with Gasteiger partial charge in [-0.2, -0.15) is 5.26 Å². The minimum absolute atomic E-state index is 0.293. The minimum Gasteiger partial charge on any atom is -0.259 e. The van der Waals surface area contributed by atoms with Gasteiger partial charge in [-0.05, 0) is 36.0 Å². The molecule has 0 spiro atoms. The predicted octanol–water partition coefficient (Wildman–Crippen LogP) is 4.43. The molecule has 1 aromatic carbocycles. The summed E-state index contributed by atoms with van der Waals surface area (Å²) in [4.78, 5) is 4.51. The van der Waals surface area contributed by atoms with Gasteiger partial charge in [-0.15, -0.1) is 0 Å². The first kappa shape index (κ1) is 12.9. The lowest BCUT2D eigenvalue weighted by Crippen LogP contribution is -2.04. The van der Waals surface area contributed by atoms with Crippen molar-refractivity contribution in [2.75, 3.05) is 0 Å². The Labute approximate surface area is 120 Å². The summed E-state index contributed by atoms with van der Waals surface area (Å²) in [5.41, 5.74) is 4.27. The van der Waals surface area contributed by atoms with Crippen LogP contribution < -0.4 is 0 Å². The van der Waals surface area contributed by atoms with Crippen LogP contribution in [0.2, 0.25) is 0 Å². The van der Waals surface area contributed by atoms with Gasteiger partial charge in [0.15, 0.2) is 0 Å². The summed E-state index contributed by atoms with van der Waals surface area (Å²) in [5.74, 6) is 0.524. The van der Waals surface area contributed by atoms with E-state index in [-0.39, 0.29) is 5.41 Å². The molecule has 20 heavy (non-hydrogen) atoms. The van der Waals surface area contributed by atoms with Crippen molar-refractivity contribution < 1.29 is 0 Å². The van der Waals surface area contributed by atoms with Crippen molar-refractivity contribution in [3.05, 3.63) is 53.9 Å². The summed E-state index contributed by atoms with van der Waals surface area (Å²) in [7, 11) is 0. The topological polar surface area (TPSA) is 36.7 Å². The first-order chi connectivity index (χ1) is 9.64. The maximum Gasteiger partial charge on any atom is 0.0994 e. The van der Waals surface area contributed by atoms with Crippen LogP contribution in [-0.2, 0) is 5.41 Å². The molecule has 0 saturated heterocycles. The van der Waals surface area contributed by atoms with E-state index in [2.05, 4.69) is 55.2 Å². The quantitative estimate of drug-likeness (QED) is 0.820. The summed E-state index contributed by atoms with van der Waals surface area (Å²) in [6.07, 6.45) is 3.78. The Hall–Kier alpha value is -2.14. The summed E-state index contributed by atoms with van der Waals surface area (Å²) >= 11 is 0. The Morgan fingerprint density at radius 3 is 2.50 bits per heavy atom. The van der Waals surface area contributed by atoms with Crippen LogP contribution in [-0.4, -0.2) is 4.98 Å². The highest BCUT2D eigenvalue weighted by atomic mass is 14.7. The van der Waals surface area contributed by atoms with Crippen LogP contribution >= 0.6 is 0 Å². The van der Waals surface area contributed by atoms with Crippen molar-refractivity contribution in [2.24, 2.45) is 0 Å². The van der Waals surface area contributed by atoms with Crippen LogP contribution in [0.4, 0.5) is 0 Å². The number of rotatable bonds is 3. The highest BCUT2D eigenvalue weighted by molar-refractivity contribution is 5.63.